The fraction of sp³-hybridized carbons (Fsp3) is 0.647. The fourth-order valence-corrected chi connectivity index (χ4v) is 3.47. The van der Waals surface area contributed by atoms with Crippen LogP contribution in [0.4, 0.5) is 0 Å². The molecule has 0 spiro atoms. The maximum absolute atomic E-state index is 6.03. The number of hydrogen-bond donors (Lipinski definition) is 1. The summed E-state index contributed by atoms with van der Waals surface area (Å²) in [5, 5.41) is 0. The molecular formula is C17H28N2O2. The van der Waals surface area contributed by atoms with Gasteiger partial charge in [-0.05, 0) is 50.4 Å². The average Bonchev–Trinajstić information content (AvgIpc) is 2.53. The third-order valence-electron chi connectivity index (χ3n) is 4.78. The number of nitrogens with two attached hydrogens (primary N) is 1. The molecule has 0 radical (unpaired) electrons. The van der Waals surface area contributed by atoms with Gasteiger partial charge in [0, 0.05) is 24.2 Å². The van der Waals surface area contributed by atoms with E-state index in [0.29, 0.717) is 18.5 Å². The van der Waals surface area contributed by atoms with Gasteiger partial charge in [0.05, 0.1) is 14.2 Å². The Morgan fingerprint density at radius 3 is 2.71 bits per heavy atom. The lowest BCUT2D eigenvalue weighted by atomic mass is 9.88. The van der Waals surface area contributed by atoms with Crippen molar-refractivity contribution in [2.45, 2.75) is 38.8 Å². The van der Waals surface area contributed by atoms with Crippen LogP contribution in [-0.4, -0.2) is 38.3 Å². The third kappa shape index (κ3) is 3.33. The highest BCUT2D eigenvalue weighted by molar-refractivity contribution is 5.42. The van der Waals surface area contributed by atoms with Crippen LogP contribution in [0.15, 0.2) is 18.2 Å². The maximum Gasteiger partial charge on any atom is 0.123 e. The van der Waals surface area contributed by atoms with Crippen molar-refractivity contribution in [3.8, 4) is 11.5 Å². The van der Waals surface area contributed by atoms with Gasteiger partial charge in [-0.2, -0.15) is 0 Å². The molecule has 1 heterocycles. The molecule has 1 saturated heterocycles. The Hall–Kier alpha value is -1.26. The Kier molecular flexibility index (Phi) is 5.48. The number of methoxy groups -OCH3 is 2. The van der Waals surface area contributed by atoms with Crippen molar-refractivity contribution in [3.05, 3.63) is 23.8 Å². The predicted octanol–water partition coefficient (Wildman–Crippen LogP) is 2.82. The van der Waals surface area contributed by atoms with Crippen LogP contribution in [0.1, 0.15) is 38.3 Å². The van der Waals surface area contributed by atoms with E-state index in [4.69, 9.17) is 15.2 Å². The summed E-state index contributed by atoms with van der Waals surface area (Å²) in [5.41, 5.74) is 7.20. The second-order valence-corrected chi connectivity index (χ2v) is 5.94. The van der Waals surface area contributed by atoms with E-state index < -0.39 is 0 Å². The lowest BCUT2D eigenvalue weighted by molar-refractivity contribution is 0.0678. The second kappa shape index (κ2) is 7.14. The molecule has 1 aromatic carbocycles. The van der Waals surface area contributed by atoms with E-state index in [1.165, 1.54) is 18.4 Å². The van der Waals surface area contributed by atoms with Crippen molar-refractivity contribution in [1.82, 2.24) is 4.90 Å². The van der Waals surface area contributed by atoms with Gasteiger partial charge < -0.3 is 15.2 Å². The standard InChI is InChI=1S/C17H28N2O2/c1-12-6-5-9-19(16(12)11-18)13(2)15-10-14(20-3)7-8-17(15)21-4/h7-8,10,12-13,16H,5-6,9,11,18H2,1-4H3. The number of benzene rings is 1. The first kappa shape index (κ1) is 16.1. The number of hydrogen-bond acceptors (Lipinski definition) is 4. The van der Waals surface area contributed by atoms with E-state index in [-0.39, 0.29) is 6.04 Å². The number of likely N-dealkylation sites (tertiary alicyclic amines) is 1. The van der Waals surface area contributed by atoms with Crippen LogP contribution in [0.5, 0.6) is 11.5 Å². The number of nitrogens with zero attached hydrogens (tertiary/aromatic N) is 1. The van der Waals surface area contributed by atoms with Gasteiger partial charge in [-0.25, -0.2) is 0 Å². The molecule has 21 heavy (non-hydrogen) atoms. The van der Waals surface area contributed by atoms with Gasteiger partial charge >= 0.3 is 0 Å². The summed E-state index contributed by atoms with van der Waals surface area (Å²) in [4.78, 5) is 2.52. The van der Waals surface area contributed by atoms with Crippen LogP contribution in [0.2, 0.25) is 0 Å². The zero-order valence-corrected chi connectivity index (χ0v) is 13.6. The number of piperidine rings is 1. The normalized spacial score (nSPS) is 24.6. The molecule has 0 amide bonds. The molecule has 4 nitrogen and oxygen atoms in total. The van der Waals surface area contributed by atoms with Gasteiger partial charge in [-0.1, -0.05) is 6.92 Å². The highest BCUT2D eigenvalue weighted by atomic mass is 16.5. The van der Waals surface area contributed by atoms with E-state index in [1.807, 2.05) is 12.1 Å². The quantitative estimate of drug-likeness (QED) is 0.906. The van der Waals surface area contributed by atoms with Gasteiger partial charge in [-0.15, -0.1) is 0 Å². The number of rotatable bonds is 5. The Balaban J connectivity index is 2.31. The highest BCUT2D eigenvalue weighted by Gasteiger charge is 2.32. The molecule has 1 fully saturated rings. The van der Waals surface area contributed by atoms with Gasteiger partial charge in [0.15, 0.2) is 0 Å². The van der Waals surface area contributed by atoms with Crippen LogP contribution in [-0.2, 0) is 0 Å². The van der Waals surface area contributed by atoms with Crippen molar-refractivity contribution >= 4 is 0 Å². The first-order chi connectivity index (χ1) is 10.1. The van der Waals surface area contributed by atoms with Crippen molar-refractivity contribution in [3.63, 3.8) is 0 Å². The molecule has 0 bridgehead atoms. The van der Waals surface area contributed by atoms with Gasteiger partial charge in [0.1, 0.15) is 11.5 Å². The summed E-state index contributed by atoms with van der Waals surface area (Å²) in [7, 11) is 3.42. The Bertz CT molecular complexity index is 464. The Labute approximate surface area is 128 Å². The van der Waals surface area contributed by atoms with Crippen LogP contribution in [0.25, 0.3) is 0 Å². The minimum atomic E-state index is 0.270. The molecule has 3 unspecified atom stereocenters. The topological polar surface area (TPSA) is 47.7 Å². The summed E-state index contributed by atoms with van der Waals surface area (Å²) in [5.74, 6) is 2.42. The van der Waals surface area contributed by atoms with Gasteiger partial charge in [-0.3, -0.25) is 4.90 Å². The van der Waals surface area contributed by atoms with E-state index in [0.717, 1.165) is 18.0 Å². The lowest BCUT2D eigenvalue weighted by Crippen LogP contribution is -2.49. The minimum absolute atomic E-state index is 0.270. The molecule has 4 heteroatoms. The molecule has 2 N–H and O–H groups in total. The van der Waals surface area contributed by atoms with Crippen molar-refractivity contribution < 1.29 is 9.47 Å². The zero-order valence-electron chi connectivity index (χ0n) is 13.6. The monoisotopic (exact) mass is 292 g/mol. The maximum atomic E-state index is 6.03. The lowest BCUT2D eigenvalue weighted by Gasteiger charge is -2.43. The smallest absolute Gasteiger partial charge is 0.123 e. The third-order valence-corrected chi connectivity index (χ3v) is 4.78. The number of ether oxygens (including phenoxy) is 2. The van der Waals surface area contributed by atoms with E-state index in [1.54, 1.807) is 14.2 Å². The predicted molar refractivity (Wildman–Crippen MR) is 85.9 cm³/mol. The molecule has 2 rings (SSSR count). The first-order valence-corrected chi connectivity index (χ1v) is 7.80. The van der Waals surface area contributed by atoms with E-state index >= 15 is 0 Å². The molecule has 0 aliphatic carbocycles. The Morgan fingerprint density at radius 2 is 2.10 bits per heavy atom. The molecule has 0 aromatic heterocycles. The van der Waals surface area contributed by atoms with Crippen LogP contribution >= 0.6 is 0 Å². The summed E-state index contributed by atoms with van der Waals surface area (Å²) in [6.45, 7) is 6.34. The summed E-state index contributed by atoms with van der Waals surface area (Å²) < 4.78 is 10.9. The molecule has 1 aliphatic rings. The van der Waals surface area contributed by atoms with Gasteiger partial charge in [0.2, 0.25) is 0 Å². The summed E-state index contributed by atoms with van der Waals surface area (Å²) >= 11 is 0. The molecule has 1 aliphatic heterocycles. The first-order valence-electron chi connectivity index (χ1n) is 7.80. The van der Waals surface area contributed by atoms with Gasteiger partial charge in [0.25, 0.3) is 0 Å². The summed E-state index contributed by atoms with van der Waals surface area (Å²) in [6, 6.07) is 6.70. The minimum Gasteiger partial charge on any atom is -0.497 e. The molecule has 3 atom stereocenters. The van der Waals surface area contributed by atoms with Crippen LogP contribution in [0.3, 0.4) is 0 Å². The SMILES string of the molecule is COc1ccc(OC)c(C(C)N2CCCC(C)C2CN)c1. The summed E-state index contributed by atoms with van der Waals surface area (Å²) in [6.07, 6.45) is 2.49. The van der Waals surface area contributed by atoms with Crippen molar-refractivity contribution in [2.24, 2.45) is 11.7 Å². The highest BCUT2D eigenvalue weighted by Crippen LogP contribution is 2.36. The average molecular weight is 292 g/mol. The Morgan fingerprint density at radius 1 is 1.33 bits per heavy atom. The second-order valence-electron chi connectivity index (χ2n) is 5.94. The van der Waals surface area contributed by atoms with Crippen molar-refractivity contribution in [1.29, 1.82) is 0 Å². The molecule has 0 saturated carbocycles. The van der Waals surface area contributed by atoms with Crippen molar-refractivity contribution in [2.75, 3.05) is 27.3 Å². The van der Waals surface area contributed by atoms with Crippen LogP contribution in [0, 0.1) is 5.92 Å². The molecule has 1 aromatic rings. The zero-order chi connectivity index (χ0) is 15.4. The molecular weight excluding hydrogens is 264 g/mol. The van der Waals surface area contributed by atoms with E-state index in [9.17, 15) is 0 Å². The fourth-order valence-electron chi connectivity index (χ4n) is 3.47. The van der Waals surface area contributed by atoms with Crippen LogP contribution < -0.4 is 15.2 Å². The largest absolute Gasteiger partial charge is 0.497 e. The molecule has 118 valence electrons. The van der Waals surface area contributed by atoms with E-state index in [2.05, 4.69) is 24.8 Å².